The summed E-state index contributed by atoms with van der Waals surface area (Å²) < 4.78 is 21.1. The van der Waals surface area contributed by atoms with Gasteiger partial charge in [-0.05, 0) is 18.1 Å². The van der Waals surface area contributed by atoms with E-state index in [9.17, 15) is 13.2 Å². The number of hydrogen-bond donors (Lipinski definition) is 3. The van der Waals surface area contributed by atoms with Crippen LogP contribution < -0.4 is 5.32 Å². The fourth-order valence-corrected chi connectivity index (χ4v) is 2.18. The van der Waals surface area contributed by atoms with Gasteiger partial charge in [-0.1, -0.05) is 29.8 Å². The molecule has 1 amide bonds. The van der Waals surface area contributed by atoms with E-state index in [1.165, 1.54) is 0 Å². The highest BCUT2D eigenvalue weighted by Crippen LogP contribution is 2.24. The summed E-state index contributed by atoms with van der Waals surface area (Å²) in [4.78, 5) is 10.6. The van der Waals surface area contributed by atoms with Crippen LogP contribution in [-0.2, 0) is 10.7 Å². The van der Waals surface area contributed by atoms with Gasteiger partial charge in [-0.15, -0.1) is 0 Å². The number of amides is 1. The number of thiol groups is 1. The Labute approximate surface area is 105 Å². The number of halogens is 1. The van der Waals surface area contributed by atoms with E-state index >= 15 is 0 Å². The molecule has 1 rings (SSSR count). The van der Waals surface area contributed by atoms with Crippen LogP contribution >= 0.6 is 11.6 Å². The van der Waals surface area contributed by atoms with E-state index in [2.05, 4.69) is 5.32 Å². The van der Waals surface area contributed by atoms with Gasteiger partial charge in [-0.3, -0.25) is 0 Å². The van der Waals surface area contributed by atoms with Gasteiger partial charge >= 0.3 is 6.09 Å². The average molecular weight is 278 g/mol. The van der Waals surface area contributed by atoms with Crippen molar-refractivity contribution in [2.24, 2.45) is 0 Å². The molecule has 2 N–H and O–H groups in total. The van der Waals surface area contributed by atoms with Crippen molar-refractivity contribution in [3.63, 3.8) is 0 Å². The van der Waals surface area contributed by atoms with Gasteiger partial charge in [-0.2, -0.15) is 0 Å². The summed E-state index contributed by atoms with van der Waals surface area (Å²) in [6.45, 7) is 0. The highest BCUT2D eigenvalue weighted by Gasteiger charge is 2.16. The van der Waals surface area contributed by atoms with Crippen LogP contribution in [-0.4, -0.2) is 25.4 Å². The van der Waals surface area contributed by atoms with Crippen molar-refractivity contribution >= 4 is 28.4 Å². The lowest BCUT2D eigenvalue weighted by Gasteiger charge is -2.17. The predicted molar refractivity (Wildman–Crippen MR) is 65.2 cm³/mol. The van der Waals surface area contributed by atoms with Crippen molar-refractivity contribution in [3.05, 3.63) is 34.9 Å². The molecule has 0 spiro atoms. The van der Waals surface area contributed by atoms with Gasteiger partial charge in [0.15, 0.2) is 0 Å². The number of nitrogens with one attached hydrogen (secondary N) is 1. The maximum atomic E-state index is 10.6. The third-order valence-corrected chi connectivity index (χ3v) is 3.15. The van der Waals surface area contributed by atoms with Crippen molar-refractivity contribution in [1.29, 1.82) is 0 Å². The standard InChI is InChI=1S/C10H12ClNO4S/c11-8-4-2-1-3-7(8)9(12-10(13)14)5-6-17(15)16/h1-4,9,12,17H,5-6H2,(H,13,14). The van der Waals surface area contributed by atoms with Crippen LogP contribution in [0.2, 0.25) is 5.02 Å². The lowest BCUT2D eigenvalue weighted by molar-refractivity contribution is 0.189. The van der Waals surface area contributed by atoms with E-state index in [0.29, 0.717) is 10.6 Å². The van der Waals surface area contributed by atoms with Crippen molar-refractivity contribution in [3.8, 4) is 0 Å². The fraction of sp³-hybridized carbons (Fsp3) is 0.300. The average Bonchev–Trinajstić information content (AvgIpc) is 2.24. The van der Waals surface area contributed by atoms with E-state index in [4.69, 9.17) is 16.7 Å². The number of carbonyl (C=O) groups is 1. The Morgan fingerprint density at radius 3 is 2.59 bits per heavy atom. The Morgan fingerprint density at radius 2 is 2.06 bits per heavy atom. The molecule has 0 aromatic heterocycles. The minimum absolute atomic E-state index is 0.0918. The van der Waals surface area contributed by atoms with Crippen LogP contribution in [0.25, 0.3) is 0 Å². The molecule has 0 fully saturated rings. The molecule has 0 heterocycles. The molecule has 0 aliphatic carbocycles. The first-order valence-corrected chi connectivity index (χ1v) is 6.60. The Balaban J connectivity index is 2.89. The molecule has 0 saturated carbocycles. The van der Waals surface area contributed by atoms with Crippen LogP contribution in [0.15, 0.2) is 24.3 Å². The fourth-order valence-electron chi connectivity index (χ4n) is 1.45. The van der Waals surface area contributed by atoms with E-state index in [0.717, 1.165) is 0 Å². The first kappa shape index (κ1) is 13.8. The Bertz CT molecular complexity index is 467. The lowest BCUT2D eigenvalue weighted by Crippen LogP contribution is -2.27. The minimum Gasteiger partial charge on any atom is -0.465 e. The molecule has 1 atom stereocenters. The summed E-state index contributed by atoms with van der Waals surface area (Å²) in [5.41, 5.74) is 0.577. The molecule has 0 bridgehead atoms. The zero-order valence-electron chi connectivity index (χ0n) is 8.80. The monoisotopic (exact) mass is 277 g/mol. The van der Waals surface area contributed by atoms with Crippen LogP contribution in [0.1, 0.15) is 18.0 Å². The molecule has 7 heteroatoms. The molecule has 1 unspecified atom stereocenters. The van der Waals surface area contributed by atoms with Gasteiger partial charge in [0, 0.05) is 10.8 Å². The van der Waals surface area contributed by atoms with E-state index in [1.807, 2.05) is 0 Å². The van der Waals surface area contributed by atoms with E-state index < -0.39 is 22.8 Å². The van der Waals surface area contributed by atoms with Crippen molar-refractivity contribution < 1.29 is 18.3 Å². The van der Waals surface area contributed by atoms with Gasteiger partial charge in [0.05, 0.1) is 6.04 Å². The van der Waals surface area contributed by atoms with Gasteiger partial charge in [0.25, 0.3) is 0 Å². The lowest BCUT2D eigenvalue weighted by atomic mass is 10.0. The second-order valence-corrected chi connectivity index (χ2v) is 4.89. The van der Waals surface area contributed by atoms with E-state index in [-0.39, 0.29) is 12.2 Å². The zero-order chi connectivity index (χ0) is 12.8. The molecule has 1 aromatic carbocycles. The number of hydrogen-bond acceptors (Lipinski definition) is 3. The molecule has 94 valence electrons. The van der Waals surface area contributed by atoms with Gasteiger partial charge < -0.3 is 10.4 Å². The predicted octanol–water partition coefficient (Wildman–Crippen LogP) is 1.65. The third kappa shape index (κ3) is 4.62. The molecular weight excluding hydrogens is 266 g/mol. The highest BCUT2D eigenvalue weighted by molar-refractivity contribution is 7.72. The second kappa shape index (κ2) is 6.46. The number of rotatable bonds is 5. The summed E-state index contributed by atoms with van der Waals surface area (Å²) in [5, 5.41) is 11.4. The first-order valence-electron chi connectivity index (χ1n) is 4.86. The molecule has 0 aliphatic rings. The van der Waals surface area contributed by atoms with Gasteiger partial charge in [-0.25, -0.2) is 13.2 Å². The van der Waals surface area contributed by atoms with E-state index in [1.54, 1.807) is 24.3 Å². The Hall–Kier alpha value is -1.27. The minimum atomic E-state index is -2.53. The van der Waals surface area contributed by atoms with Gasteiger partial charge in [0.2, 0.25) is 0 Å². The second-order valence-electron chi connectivity index (χ2n) is 3.37. The molecular formula is C10H12ClNO4S. The molecule has 0 saturated heterocycles. The molecule has 0 aliphatic heterocycles. The van der Waals surface area contributed by atoms with Gasteiger partial charge in [0.1, 0.15) is 10.7 Å². The molecule has 17 heavy (non-hydrogen) atoms. The highest BCUT2D eigenvalue weighted by atomic mass is 35.5. The van der Waals surface area contributed by atoms with Crippen molar-refractivity contribution in [1.82, 2.24) is 5.32 Å². The Kier molecular flexibility index (Phi) is 5.24. The number of carboxylic acid groups (broad SMARTS) is 1. The normalized spacial score (nSPS) is 12.4. The van der Waals surface area contributed by atoms with Crippen LogP contribution in [0.5, 0.6) is 0 Å². The maximum Gasteiger partial charge on any atom is 0.405 e. The first-order chi connectivity index (χ1) is 8.00. The van der Waals surface area contributed by atoms with Crippen molar-refractivity contribution in [2.45, 2.75) is 12.5 Å². The van der Waals surface area contributed by atoms with Crippen molar-refractivity contribution in [2.75, 3.05) is 5.75 Å². The largest absolute Gasteiger partial charge is 0.465 e. The maximum absolute atomic E-state index is 10.6. The quantitative estimate of drug-likeness (QED) is 0.715. The smallest absolute Gasteiger partial charge is 0.405 e. The topological polar surface area (TPSA) is 83.5 Å². The molecule has 0 radical (unpaired) electrons. The van der Waals surface area contributed by atoms with Crippen LogP contribution in [0.4, 0.5) is 4.79 Å². The van der Waals surface area contributed by atoms with Crippen LogP contribution in [0, 0.1) is 0 Å². The summed E-state index contributed by atoms with van der Waals surface area (Å²) in [6, 6.07) is 6.12. The third-order valence-electron chi connectivity index (χ3n) is 2.18. The SMILES string of the molecule is O=C(O)NC(CC[SH](=O)=O)c1ccccc1Cl. The zero-order valence-corrected chi connectivity index (χ0v) is 10.4. The summed E-state index contributed by atoms with van der Waals surface area (Å²) in [6.07, 6.45) is -1.05. The molecule has 5 nitrogen and oxygen atoms in total. The van der Waals surface area contributed by atoms with Crippen LogP contribution in [0.3, 0.4) is 0 Å². The number of benzene rings is 1. The summed E-state index contributed by atoms with van der Waals surface area (Å²) >= 11 is 5.93. The Morgan fingerprint density at radius 1 is 1.41 bits per heavy atom. The summed E-state index contributed by atoms with van der Waals surface area (Å²) in [7, 11) is -2.53. The summed E-state index contributed by atoms with van der Waals surface area (Å²) in [5.74, 6) is -0.0918. The molecule has 1 aromatic rings.